The highest BCUT2D eigenvalue weighted by atomic mass is 79.9. The van der Waals surface area contributed by atoms with Gasteiger partial charge in [0.2, 0.25) is 0 Å². The van der Waals surface area contributed by atoms with E-state index in [0.717, 1.165) is 25.3 Å². The molecular weight excluding hydrogens is 458 g/mol. The predicted octanol–water partition coefficient (Wildman–Crippen LogP) is 5.76. The fourth-order valence-electron chi connectivity index (χ4n) is 2.76. The summed E-state index contributed by atoms with van der Waals surface area (Å²) in [4.78, 5) is 24.5. The molecule has 4 aromatic rings. The number of pyridine rings is 1. The summed E-state index contributed by atoms with van der Waals surface area (Å²) in [6.45, 7) is 2.93. The Labute approximate surface area is 178 Å². The molecule has 28 heavy (non-hydrogen) atoms. The fourth-order valence-corrected chi connectivity index (χ4v) is 5.07. The van der Waals surface area contributed by atoms with Gasteiger partial charge in [-0.15, -0.1) is 11.3 Å². The van der Waals surface area contributed by atoms with Crippen molar-refractivity contribution in [2.45, 2.75) is 13.5 Å². The summed E-state index contributed by atoms with van der Waals surface area (Å²) in [6.07, 6.45) is 3.45. The second-order valence-electron chi connectivity index (χ2n) is 5.88. The largest absolute Gasteiger partial charge is 0.492 e. The highest BCUT2D eigenvalue weighted by Gasteiger charge is 2.24. The van der Waals surface area contributed by atoms with Gasteiger partial charge in [-0.3, -0.25) is 14.7 Å². The predicted molar refractivity (Wildman–Crippen MR) is 118 cm³/mol. The van der Waals surface area contributed by atoms with Crippen LogP contribution in [0.2, 0.25) is 0 Å². The van der Waals surface area contributed by atoms with E-state index in [4.69, 9.17) is 9.72 Å². The topological polar surface area (TPSA) is 55.3 Å². The molecule has 0 saturated heterocycles. The third-order valence-corrected chi connectivity index (χ3v) is 6.68. The van der Waals surface area contributed by atoms with Crippen LogP contribution in [0.3, 0.4) is 0 Å². The number of para-hydroxylation sites is 1. The number of hydrogen-bond donors (Lipinski definition) is 0. The smallest absolute Gasteiger partial charge is 0.270 e. The molecule has 0 N–H and O–H groups in total. The zero-order valence-electron chi connectivity index (χ0n) is 15.0. The molecule has 0 aliphatic carbocycles. The number of ether oxygens (including phenoxy) is 1. The highest BCUT2D eigenvalue weighted by molar-refractivity contribution is 9.11. The second-order valence-corrected chi connectivity index (χ2v) is 9.35. The fraction of sp³-hybridized carbons (Fsp3) is 0.150. The molecule has 0 radical (unpaired) electrons. The molecule has 0 bridgehead atoms. The molecule has 0 unspecified atom stereocenters. The summed E-state index contributed by atoms with van der Waals surface area (Å²) in [6, 6.07) is 13.4. The van der Waals surface area contributed by atoms with Gasteiger partial charge in [-0.05, 0) is 64.8 Å². The molecule has 142 valence electrons. The number of hydrogen-bond acceptors (Lipinski definition) is 6. The standard InChI is InChI=1S/C20H16BrN3O2S2/c1-2-26-14-4-3-5-15-18(14)23-20(28-15)24(12-13-8-10-22-11-9-13)19(25)16-6-7-17(21)27-16/h3-11H,2,12H2,1H3. The van der Waals surface area contributed by atoms with Crippen LogP contribution in [0.4, 0.5) is 5.13 Å². The number of halogens is 1. The van der Waals surface area contributed by atoms with E-state index in [9.17, 15) is 4.79 Å². The van der Waals surface area contributed by atoms with Crippen LogP contribution in [0.1, 0.15) is 22.2 Å². The maximum atomic E-state index is 13.3. The van der Waals surface area contributed by atoms with Gasteiger partial charge in [0.1, 0.15) is 11.3 Å². The molecule has 3 aromatic heterocycles. The van der Waals surface area contributed by atoms with Gasteiger partial charge in [0.15, 0.2) is 5.13 Å². The van der Waals surface area contributed by atoms with Crippen molar-refractivity contribution >= 4 is 59.9 Å². The van der Waals surface area contributed by atoms with E-state index in [-0.39, 0.29) is 5.91 Å². The van der Waals surface area contributed by atoms with Crippen LogP contribution in [0, 0.1) is 0 Å². The van der Waals surface area contributed by atoms with Crippen LogP contribution in [0.25, 0.3) is 10.2 Å². The zero-order valence-corrected chi connectivity index (χ0v) is 18.2. The summed E-state index contributed by atoms with van der Waals surface area (Å²) in [7, 11) is 0. The minimum Gasteiger partial charge on any atom is -0.492 e. The molecule has 0 saturated carbocycles. The lowest BCUT2D eigenvalue weighted by Gasteiger charge is -2.19. The van der Waals surface area contributed by atoms with Gasteiger partial charge in [0.05, 0.1) is 26.5 Å². The molecule has 5 nitrogen and oxygen atoms in total. The van der Waals surface area contributed by atoms with E-state index in [1.54, 1.807) is 17.3 Å². The number of aromatic nitrogens is 2. The van der Waals surface area contributed by atoms with Crippen LogP contribution in [-0.4, -0.2) is 22.5 Å². The van der Waals surface area contributed by atoms with Crippen molar-refractivity contribution in [2.75, 3.05) is 11.5 Å². The van der Waals surface area contributed by atoms with Gasteiger partial charge in [-0.1, -0.05) is 17.4 Å². The number of thiophene rings is 1. The van der Waals surface area contributed by atoms with E-state index >= 15 is 0 Å². The van der Waals surface area contributed by atoms with Gasteiger partial charge >= 0.3 is 0 Å². The molecule has 0 aliphatic heterocycles. The Kier molecular flexibility index (Phi) is 5.70. The molecule has 8 heteroatoms. The van der Waals surface area contributed by atoms with Crippen LogP contribution in [-0.2, 0) is 6.54 Å². The summed E-state index contributed by atoms with van der Waals surface area (Å²) in [5.74, 6) is 0.655. The van der Waals surface area contributed by atoms with Gasteiger partial charge in [0.25, 0.3) is 5.91 Å². The first-order valence-corrected chi connectivity index (χ1v) is 11.1. The minimum absolute atomic E-state index is 0.0791. The van der Waals surface area contributed by atoms with Gasteiger partial charge in [-0.2, -0.15) is 0 Å². The minimum atomic E-state index is -0.0791. The van der Waals surface area contributed by atoms with Crippen LogP contribution >= 0.6 is 38.6 Å². The SMILES string of the molecule is CCOc1cccc2sc(N(Cc3ccncc3)C(=O)c3ccc(Br)s3)nc12. The highest BCUT2D eigenvalue weighted by Crippen LogP contribution is 2.36. The number of rotatable bonds is 6. The molecule has 0 atom stereocenters. The van der Waals surface area contributed by atoms with Crippen molar-refractivity contribution in [2.24, 2.45) is 0 Å². The Bertz CT molecular complexity index is 1110. The van der Waals surface area contributed by atoms with Gasteiger partial charge in [0, 0.05) is 12.4 Å². The van der Waals surface area contributed by atoms with Crippen LogP contribution < -0.4 is 9.64 Å². The normalized spacial score (nSPS) is 10.9. The Morgan fingerprint density at radius 3 is 2.68 bits per heavy atom. The lowest BCUT2D eigenvalue weighted by molar-refractivity contribution is 0.0989. The van der Waals surface area contributed by atoms with E-state index < -0.39 is 0 Å². The second kappa shape index (κ2) is 8.38. The molecule has 1 aromatic carbocycles. The molecule has 0 fully saturated rings. The van der Waals surface area contributed by atoms with Crippen molar-refractivity contribution in [3.8, 4) is 5.75 Å². The Hall–Kier alpha value is -2.29. The summed E-state index contributed by atoms with van der Waals surface area (Å²) < 4.78 is 7.61. The Balaban J connectivity index is 1.77. The molecule has 1 amide bonds. The maximum Gasteiger partial charge on any atom is 0.270 e. The number of fused-ring (bicyclic) bond motifs is 1. The molecule has 0 spiro atoms. The van der Waals surface area contributed by atoms with Crippen molar-refractivity contribution in [3.05, 3.63) is 69.1 Å². The number of thiazole rings is 1. The van der Waals surface area contributed by atoms with Crippen molar-refractivity contribution in [1.29, 1.82) is 0 Å². The Morgan fingerprint density at radius 1 is 1.14 bits per heavy atom. The third kappa shape index (κ3) is 3.94. The van der Waals surface area contributed by atoms with Crippen molar-refractivity contribution in [1.82, 2.24) is 9.97 Å². The van der Waals surface area contributed by atoms with Crippen molar-refractivity contribution in [3.63, 3.8) is 0 Å². The van der Waals surface area contributed by atoms with E-state index in [2.05, 4.69) is 20.9 Å². The van der Waals surface area contributed by atoms with E-state index in [1.165, 1.54) is 22.7 Å². The summed E-state index contributed by atoms with van der Waals surface area (Å²) in [5.41, 5.74) is 1.77. The van der Waals surface area contributed by atoms with Gasteiger partial charge in [-0.25, -0.2) is 4.98 Å². The first kappa shape index (κ1) is 19.0. The average molecular weight is 474 g/mol. The maximum absolute atomic E-state index is 13.3. The zero-order chi connectivity index (χ0) is 19.5. The van der Waals surface area contributed by atoms with E-state index in [0.29, 0.717) is 23.2 Å². The molecule has 4 rings (SSSR count). The number of carbonyl (C=O) groups excluding carboxylic acids is 1. The van der Waals surface area contributed by atoms with E-state index in [1.807, 2.05) is 49.4 Å². The number of carbonyl (C=O) groups is 1. The number of benzene rings is 1. The monoisotopic (exact) mass is 473 g/mol. The van der Waals surface area contributed by atoms with Crippen LogP contribution in [0.5, 0.6) is 5.75 Å². The number of anilines is 1. The van der Waals surface area contributed by atoms with Gasteiger partial charge < -0.3 is 4.74 Å². The summed E-state index contributed by atoms with van der Waals surface area (Å²) in [5, 5.41) is 0.647. The van der Waals surface area contributed by atoms with Crippen molar-refractivity contribution < 1.29 is 9.53 Å². The Morgan fingerprint density at radius 2 is 1.96 bits per heavy atom. The number of amides is 1. The first-order chi connectivity index (χ1) is 13.7. The lowest BCUT2D eigenvalue weighted by Crippen LogP contribution is -2.29. The average Bonchev–Trinajstić information content (AvgIpc) is 3.33. The lowest BCUT2D eigenvalue weighted by atomic mass is 10.2. The third-order valence-electron chi connectivity index (χ3n) is 4.02. The number of nitrogens with zero attached hydrogens (tertiary/aromatic N) is 3. The van der Waals surface area contributed by atoms with Crippen LogP contribution in [0.15, 0.2) is 58.6 Å². The summed E-state index contributed by atoms with van der Waals surface area (Å²) >= 11 is 6.34. The quantitative estimate of drug-likeness (QED) is 0.357. The molecule has 0 aliphatic rings. The first-order valence-electron chi connectivity index (χ1n) is 8.64. The molecular formula is C20H16BrN3O2S2. The molecule has 3 heterocycles.